The zero-order valence-corrected chi connectivity index (χ0v) is 11.7. The highest BCUT2D eigenvalue weighted by Crippen LogP contribution is 2.30. The van der Waals surface area contributed by atoms with Crippen molar-refractivity contribution < 1.29 is 4.79 Å². The topological polar surface area (TPSA) is 67.2 Å². The maximum atomic E-state index is 11.5. The summed E-state index contributed by atoms with van der Waals surface area (Å²) in [7, 11) is 1.62. The molecule has 1 amide bonds. The third kappa shape index (κ3) is 3.19. The molecule has 1 aromatic carbocycles. The van der Waals surface area contributed by atoms with Crippen LogP contribution in [-0.4, -0.2) is 19.0 Å². The number of anilines is 2. The number of hydrogen-bond acceptors (Lipinski definition) is 3. The van der Waals surface area contributed by atoms with Crippen molar-refractivity contribution >= 4 is 17.3 Å². The first-order chi connectivity index (χ1) is 9.11. The van der Waals surface area contributed by atoms with Crippen molar-refractivity contribution in [1.29, 1.82) is 0 Å². The number of hydrogen-bond donors (Lipinski definition) is 3. The molecule has 1 aliphatic carbocycles. The van der Waals surface area contributed by atoms with Crippen LogP contribution in [0.1, 0.15) is 43.0 Å². The predicted octanol–water partition coefficient (Wildman–Crippen LogP) is 2.62. The number of nitrogen functional groups attached to an aromatic ring is 1. The van der Waals surface area contributed by atoms with E-state index in [0.29, 0.717) is 17.3 Å². The van der Waals surface area contributed by atoms with Crippen LogP contribution in [0.25, 0.3) is 0 Å². The van der Waals surface area contributed by atoms with E-state index in [1.807, 2.05) is 6.07 Å². The van der Waals surface area contributed by atoms with Crippen molar-refractivity contribution in [2.75, 3.05) is 18.1 Å². The zero-order chi connectivity index (χ0) is 13.8. The Balaban J connectivity index is 2.06. The lowest BCUT2D eigenvalue weighted by Crippen LogP contribution is -2.24. The Hall–Kier alpha value is -1.71. The summed E-state index contributed by atoms with van der Waals surface area (Å²) in [6.07, 6.45) is 5.26. The van der Waals surface area contributed by atoms with Crippen molar-refractivity contribution in [3.05, 3.63) is 23.8 Å². The smallest absolute Gasteiger partial charge is 0.251 e. The first kappa shape index (κ1) is 13.7. The lowest BCUT2D eigenvalue weighted by molar-refractivity contribution is 0.0963. The molecule has 0 heterocycles. The van der Waals surface area contributed by atoms with Gasteiger partial charge in [0.05, 0.1) is 11.4 Å². The van der Waals surface area contributed by atoms with Crippen LogP contribution >= 0.6 is 0 Å². The van der Waals surface area contributed by atoms with Gasteiger partial charge >= 0.3 is 0 Å². The van der Waals surface area contributed by atoms with E-state index in [1.165, 1.54) is 25.7 Å². The van der Waals surface area contributed by atoms with Crippen molar-refractivity contribution in [2.45, 2.75) is 38.6 Å². The second kappa shape index (κ2) is 5.95. The first-order valence-electron chi connectivity index (χ1n) is 7.00. The van der Waals surface area contributed by atoms with Crippen molar-refractivity contribution in [3.8, 4) is 0 Å². The van der Waals surface area contributed by atoms with Crippen LogP contribution in [-0.2, 0) is 0 Å². The molecule has 1 aliphatic rings. The van der Waals surface area contributed by atoms with Gasteiger partial charge in [-0.15, -0.1) is 0 Å². The highest BCUT2D eigenvalue weighted by atomic mass is 16.1. The maximum absolute atomic E-state index is 11.5. The van der Waals surface area contributed by atoms with Gasteiger partial charge in [0.2, 0.25) is 0 Å². The molecular formula is C15H23N3O. The molecule has 0 bridgehead atoms. The van der Waals surface area contributed by atoms with Crippen LogP contribution in [0.3, 0.4) is 0 Å². The molecule has 4 heteroatoms. The van der Waals surface area contributed by atoms with Crippen LogP contribution in [0, 0.1) is 5.92 Å². The van der Waals surface area contributed by atoms with Crippen molar-refractivity contribution in [1.82, 2.24) is 5.32 Å². The molecule has 1 saturated carbocycles. The summed E-state index contributed by atoms with van der Waals surface area (Å²) in [5.74, 6) is 0.625. The van der Waals surface area contributed by atoms with Crippen LogP contribution in [0.5, 0.6) is 0 Å². The summed E-state index contributed by atoms with van der Waals surface area (Å²) < 4.78 is 0. The summed E-state index contributed by atoms with van der Waals surface area (Å²) >= 11 is 0. The summed E-state index contributed by atoms with van der Waals surface area (Å²) in [6.45, 7) is 2.21. The third-order valence-electron chi connectivity index (χ3n) is 4.03. The Morgan fingerprint density at radius 3 is 2.63 bits per heavy atom. The first-order valence-corrected chi connectivity index (χ1v) is 7.00. The lowest BCUT2D eigenvalue weighted by atomic mass is 9.99. The number of nitrogens with two attached hydrogens (primary N) is 1. The Kier molecular flexibility index (Phi) is 4.30. The number of carbonyl (C=O) groups excluding carboxylic acids is 1. The highest BCUT2D eigenvalue weighted by molar-refractivity contribution is 5.95. The molecule has 0 aliphatic heterocycles. The summed E-state index contributed by atoms with van der Waals surface area (Å²) in [5, 5.41) is 6.08. The van der Waals surface area contributed by atoms with Gasteiger partial charge in [-0.25, -0.2) is 0 Å². The van der Waals surface area contributed by atoms with Crippen LogP contribution in [0.15, 0.2) is 18.2 Å². The zero-order valence-electron chi connectivity index (χ0n) is 11.7. The summed E-state index contributed by atoms with van der Waals surface area (Å²) in [6, 6.07) is 5.85. The summed E-state index contributed by atoms with van der Waals surface area (Å²) in [5.41, 5.74) is 8.17. The van der Waals surface area contributed by atoms with Gasteiger partial charge in [-0.2, -0.15) is 0 Å². The molecule has 1 unspecified atom stereocenters. The molecular weight excluding hydrogens is 238 g/mol. The number of benzene rings is 1. The molecule has 104 valence electrons. The molecule has 19 heavy (non-hydrogen) atoms. The van der Waals surface area contributed by atoms with Gasteiger partial charge in [-0.05, 0) is 43.9 Å². The average Bonchev–Trinajstić information content (AvgIpc) is 2.94. The largest absolute Gasteiger partial charge is 0.397 e. The van der Waals surface area contributed by atoms with E-state index >= 15 is 0 Å². The molecule has 4 nitrogen and oxygen atoms in total. The third-order valence-corrected chi connectivity index (χ3v) is 4.03. The average molecular weight is 261 g/mol. The van der Waals surface area contributed by atoms with E-state index < -0.39 is 0 Å². The van der Waals surface area contributed by atoms with E-state index in [4.69, 9.17) is 5.73 Å². The maximum Gasteiger partial charge on any atom is 0.251 e. The van der Waals surface area contributed by atoms with Gasteiger partial charge in [-0.1, -0.05) is 12.8 Å². The van der Waals surface area contributed by atoms with Gasteiger partial charge in [0.15, 0.2) is 0 Å². The van der Waals surface area contributed by atoms with E-state index in [0.717, 1.165) is 11.6 Å². The van der Waals surface area contributed by atoms with E-state index in [2.05, 4.69) is 17.6 Å². The number of nitrogens with one attached hydrogen (secondary N) is 2. The number of carbonyl (C=O) groups is 1. The van der Waals surface area contributed by atoms with E-state index in [1.54, 1.807) is 19.2 Å². The van der Waals surface area contributed by atoms with Crippen LogP contribution in [0.4, 0.5) is 11.4 Å². The minimum absolute atomic E-state index is 0.109. The highest BCUT2D eigenvalue weighted by Gasteiger charge is 2.21. The Labute approximate surface area is 114 Å². The van der Waals surface area contributed by atoms with Gasteiger partial charge in [0.25, 0.3) is 5.91 Å². The fourth-order valence-corrected chi connectivity index (χ4v) is 2.80. The molecule has 0 aromatic heterocycles. The molecule has 0 spiro atoms. The molecule has 1 fully saturated rings. The number of amides is 1. The fraction of sp³-hybridized carbons (Fsp3) is 0.533. The molecule has 0 saturated heterocycles. The Morgan fingerprint density at radius 1 is 1.37 bits per heavy atom. The SMILES string of the molecule is CNC(=O)c1ccc(NC(C)C2CCCC2)c(N)c1. The van der Waals surface area contributed by atoms with Gasteiger partial charge in [0, 0.05) is 18.7 Å². The molecule has 0 radical (unpaired) electrons. The number of rotatable bonds is 4. The van der Waals surface area contributed by atoms with Gasteiger partial charge in [0.1, 0.15) is 0 Å². The van der Waals surface area contributed by atoms with Crippen LogP contribution in [0.2, 0.25) is 0 Å². The quantitative estimate of drug-likeness (QED) is 0.730. The van der Waals surface area contributed by atoms with Crippen LogP contribution < -0.4 is 16.4 Å². The normalized spacial score (nSPS) is 17.2. The second-order valence-corrected chi connectivity index (χ2v) is 5.36. The summed E-state index contributed by atoms with van der Waals surface area (Å²) in [4.78, 5) is 11.5. The fourth-order valence-electron chi connectivity index (χ4n) is 2.80. The van der Waals surface area contributed by atoms with E-state index in [9.17, 15) is 4.79 Å². The van der Waals surface area contributed by atoms with E-state index in [-0.39, 0.29) is 5.91 Å². The predicted molar refractivity (Wildman–Crippen MR) is 79.3 cm³/mol. The van der Waals surface area contributed by atoms with Gasteiger partial charge in [-0.3, -0.25) is 4.79 Å². The van der Waals surface area contributed by atoms with Crippen molar-refractivity contribution in [3.63, 3.8) is 0 Å². The Bertz CT molecular complexity index is 453. The molecule has 1 atom stereocenters. The lowest BCUT2D eigenvalue weighted by Gasteiger charge is -2.22. The minimum Gasteiger partial charge on any atom is -0.397 e. The van der Waals surface area contributed by atoms with Crippen molar-refractivity contribution in [2.24, 2.45) is 5.92 Å². The molecule has 1 aromatic rings. The molecule has 2 rings (SSSR count). The Morgan fingerprint density at radius 2 is 2.05 bits per heavy atom. The standard InChI is InChI=1S/C15H23N3O/c1-10(11-5-3-4-6-11)18-14-8-7-12(9-13(14)16)15(19)17-2/h7-11,18H,3-6,16H2,1-2H3,(H,17,19). The van der Waals surface area contributed by atoms with Gasteiger partial charge < -0.3 is 16.4 Å². The second-order valence-electron chi connectivity index (χ2n) is 5.36. The minimum atomic E-state index is -0.109. The molecule has 4 N–H and O–H groups in total. The monoisotopic (exact) mass is 261 g/mol.